The SMILES string of the molecule is C=CC(=O)[O][Sn]([O]C(=O)C=C)([O]C(=O)C=C)[CH](C)C.C[CH](C)[Sn]([c]1ccccc1)([c]1ccccc1)[c]1ccccc1. The van der Waals surface area contributed by atoms with Gasteiger partial charge in [-0.15, -0.1) is 0 Å². The average Bonchev–Trinajstić information content (AvgIpc) is 2.99. The van der Waals surface area contributed by atoms with Gasteiger partial charge in [0.05, 0.1) is 0 Å². The zero-order valence-corrected chi connectivity index (χ0v) is 29.8. The first-order valence-corrected chi connectivity index (χ1v) is 24.4. The molecular weight excluding hydrogens is 730 g/mol. The Kier molecular flexibility index (Phi) is 13.6. The predicted molar refractivity (Wildman–Crippen MR) is 169 cm³/mol. The van der Waals surface area contributed by atoms with Crippen LogP contribution < -0.4 is 10.7 Å². The standard InChI is InChI=1S/3C6H5.3C3H4O2.2C3H7.2Sn/c3*1-2-4-6-5-3-1;3*1-2-3(4)5;2*1-3-2;;/h3*1-5H;3*2H,1H2,(H,4,5);2*3H,1-2H3;;/q;;;;;;;;;+3/p-3. The van der Waals surface area contributed by atoms with Crippen LogP contribution in [0.4, 0.5) is 0 Å². The van der Waals surface area contributed by atoms with Crippen molar-refractivity contribution in [3.8, 4) is 0 Å². The molecule has 0 radical (unpaired) electrons. The Bertz CT molecular complexity index is 1170. The molecule has 0 bridgehead atoms. The van der Waals surface area contributed by atoms with E-state index in [2.05, 4.69) is 125 Å². The number of hydrogen-bond acceptors (Lipinski definition) is 6. The van der Waals surface area contributed by atoms with E-state index in [9.17, 15) is 14.4 Å². The number of hydrogen-bond donors (Lipinski definition) is 0. The van der Waals surface area contributed by atoms with Crippen molar-refractivity contribution in [2.24, 2.45) is 0 Å². The Morgan fingerprint density at radius 1 is 0.537 bits per heavy atom. The van der Waals surface area contributed by atoms with Crippen LogP contribution in [-0.4, -0.2) is 55.9 Å². The van der Waals surface area contributed by atoms with Crippen molar-refractivity contribution in [2.45, 2.75) is 35.6 Å². The van der Waals surface area contributed by atoms with Crippen molar-refractivity contribution in [1.29, 1.82) is 0 Å². The van der Waals surface area contributed by atoms with Crippen molar-refractivity contribution >= 4 is 66.6 Å². The van der Waals surface area contributed by atoms with Gasteiger partial charge in [-0.25, -0.2) is 0 Å². The average molecular weight is 768 g/mol. The molecule has 3 aromatic rings. The van der Waals surface area contributed by atoms with Crippen LogP contribution in [0.1, 0.15) is 27.7 Å². The van der Waals surface area contributed by atoms with Gasteiger partial charge in [-0.2, -0.15) is 0 Å². The second kappa shape index (κ2) is 16.4. The molecule has 6 nitrogen and oxygen atoms in total. The molecule has 0 N–H and O–H groups in total. The zero-order valence-electron chi connectivity index (χ0n) is 24.1. The van der Waals surface area contributed by atoms with Gasteiger partial charge in [-0.1, -0.05) is 0 Å². The molecular formula is C33H38O6Sn2. The van der Waals surface area contributed by atoms with E-state index >= 15 is 0 Å². The quantitative estimate of drug-likeness (QED) is 0.200. The first-order chi connectivity index (χ1) is 19.6. The zero-order chi connectivity index (χ0) is 30.5. The molecule has 0 unspecified atom stereocenters. The summed E-state index contributed by atoms with van der Waals surface area (Å²) in [6, 6.07) is 33.6. The summed E-state index contributed by atoms with van der Waals surface area (Å²) in [7, 11) is 0. The fourth-order valence-electron chi connectivity index (χ4n) is 4.56. The molecule has 0 amide bonds. The van der Waals surface area contributed by atoms with Crippen molar-refractivity contribution in [3.05, 3.63) is 129 Å². The molecule has 0 heterocycles. The van der Waals surface area contributed by atoms with Gasteiger partial charge in [0.1, 0.15) is 0 Å². The Hall–Kier alpha value is -3.11. The third-order valence-electron chi connectivity index (χ3n) is 6.49. The number of carbonyl (C=O) groups excluding carboxylic acids is 3. The third-order valence-corrected chi connectivity index (χ3v) is 30.3. The molecule has 0 saturated carbocycles. The first kappa shape index (κ1) is 34.1. The molecule has 41 heavy (non-hydrogen) atoms. The van der Waals surface area contributed by atoms with E-state index in [-0.39, 0.29) is 0 Å². The molecule has 0 aliphatic carbocycles. The summed E-state index contributed by atoms with van der Waals surface area (Å²) in [5.41, 5.74) is 0. The van der Waals surface area contributed by atoms with Gasteiger partial charge in [0.25, 0.3) is 0 Å². The topological polar surface area (TPSA) is 78.9 Å². The predicted octanol–water partition coefficient (Wildman–Crippen LogP) is 5.09. The molecule has 214 valence electrons. The molecule has 0 aromatic heterocycles. The summed E-state index contributed by atoms with van der Waals surface area (Å²) >= 11 is -7.72. The molecule has 0 saturated heterocycles. The number of rotatable bonds is 11. The van der Waals surface area contributed by atoms with Gasteiger partial charge in [-0.05, 0) is 0 Å². The van der Waals surface area contributed by atoms with Gasteiger partial charge in [0, 0.05) is 0 Å². The summed E-state index contributed by atoms with van der Waals surface area (Å²) in [6.45, 7) is 17.8. The summed E-state index contributed by atoms with van der Waals surface area (Å²) in [4.78, 5) is 34.0. The van der Waals surface area contributed by atoms with Crippen LogP contribution in [0.2, 0.25) is 7.87 Å². The van der Waals surface area contributed by atoms with E-state index < -0.39 is 59.8 Å². The first-order valence-electron chi connectivity index (χ1n) is 13.3. The molecule has 8 heteroatoms. The molecule has 0 spiro atoms. The van der Waals surface area contributed by atoms with Gasteiger partial charge in [0.15, 0.2) is 0 Å². The maximum absolute atomic E-state index is 11.3. The van der Waals surface area contributed by atoms with Gasteiger partial charge >= 0.3 is 255 Å². The van der Waals surface area contributed by atoms with Crippen molar-refractivity contribution in [3.63, 3.8) is 0 Å². The van der Waals surface area contributed by atoms with Crippen LogP contribution in [0.5, 0.6) is 0 Å². The van der Waals surface area contributed by atoms with E-state index in [1.165, 1.54) is 0 Å². The summed E-state index contributed by atoms with van der Waals surface area (Å²) in [6.07, 6.45) is 2.70. The Balaban J connectivity index is 0.000000291. The van der Waals surface area contributed by atoms with Crippen LogP contribution in [0, 0.1) is 0 Å². The van der Waals surface area contributed by atoms with E-state index in [1.54, 1.807) is 24.6 Å². The molecule has 0 aliphatic heterocycles. The molecule has 0 aliphatic rings. The minimum atomic E-state index is -4.76. The summed E-state index contributed by atoms with van der Waals surface area (Å²) < 4.78 is 20.1. The normalized spacial score (nSPS) is 11.0. The van der Waals surface area contributed by atoms with Crippen LogP contribution >= 0.6 is 0 Å². The van der Waals surface area contributed by atoms with Gasteiger partial charge in [-0.3, -0.25) is 0 Å². The van der Waals surface area contributed by atoms with Crippen LogP contribution in [0.15, 0.2) is 129 Å². The van der Waals surface area contributed by atoms with Crippen LogP contribution in [0.25, 0.3) is 0 Å². The van der Waals surface area contributed by atoms with E-state index in [1.807, 2.05) is 0 Å². The van der Waals surface area contributed by atoms with Crippen molar-refractivity contribution < 1.29 is 23.6 Å². The second-order valence-corrected chi connectivity index (χ2v) is 31.0. The van der Waals surface area contributed by atoms with E-state index in [0.29, 0.717) is 3.93 Å². The van der Waals surface area contributed by atoms with Crippen molar-refractivity contribution in [1.82, 2.24) is 0 Å². The van der Waals surface area contributed by atoms with Crippen LogP contribution in [-0.2, 0) is 23.6 Å². The third kappa shape index (κ3) is 8.69. The molecule has 0 atom stereocenters. The van der Waals surface area contributed by atoms with E-state index in [0.717, 1.165) is 18.2 Å². The summed E-state index contributed by atoms with van der Waals surface area (Å²) in [5.74, 6) is -2.46. The van der Waals surface area contributed by atoms with Crippen LogP contribution in [0.3, 0.4) is 0 Å². The Morgan fingerprint density at radius 3 is 1.00 bits per heavy atom. The number of benzene rings is 3. The Labute approximate surface area is 253 Å². The molecule has 3 rings (SSSR count). The fourth-order valence-corrected chi connectivity index (χ4v) is 24.8. The number of carbonyl (C=O) groups is 3. The van der Waals surface area contributed by atoms with Gasteiger partial charge < -0.3 is 0 Å². The monoisotopic (exact) mass is 770 g/mol. The minimum absolute atomic E-state index is 0.453. The maximum atomic E-state index is 11.3. The fraction of sp³-hybridized carbons (Fsp3) is 0.182. The van der Waals surface area contributed by atoms with Crippen molar-refractivity contribution in [2.75, 3.05) is 0 Å². The molecule has 0 fully saturated rings. The van der Waals surface area contributed by atoms with E-state index in [4.69, 9.17) is 9.22 Å². The summed E-state index contributed by atoms with van der Waals surface area (Å²) in [5, 5.41) is 0. The molecule has 3 aromatic carbocycles. The second-order valence-electron chi connectivity index (χ2n) is 9.69. The Morgan fingerprint density at radius 2 is 0.805 bits per heavy atom. The van der Waals surface area contributed by atoms with Gasteiger partial charge in [0.2, 0.25) is 0 Å².